The Hall–Kier alpha value is -2.75. The zero-order valence-corrected chi connectivity index (χ0v) is 17.7. The third kappa shape index (κ3) is 4.53. The van der Waals surface area contributed by atoms with Gasteiger partial charge in [0.1, 0.15) is 0 Å². The van der Waals surface area contributed by atoms with Crippen LogP contribution in [-0.4, -0.2) is 60.0 Å². The highest BCUT2D eigenvalue weighted by Gasteiger charge is 2.20. The van der Waals surface area contributed by atoms with Crippen LogP contribution in [0.2, 0.25) is 5.02 Å². The molecule has 1 aromatic heterocycles. The second kappa shape index (κ2) is 8.95. The number of halogens is 1. The molecular weight excluding hydrogens is 426 g/mol. The minimum atomic E-state index is -0.544. The molecule has 0 aliphatic carbocycles. The van der Waals surface area contributed by atoms with E-state index in [1.54, 1.807) is 11.3 Å². The largest absolute Gasteiger partial charge is 0.351 e. The second-order valence-electron chi connectivity index (χ2n) is 6.97. The third-order valence-electron chi connectivity index (χ3n) is 5.04. The molecule has 1 saturated heterocycles. The summed E-state index contributed by atoms with van der Waals surface area (Å²) in [5, 5.41) is 14.9. The molecule has 0 spiro atoms. The van der Waals surface area contributed by atoms with Gasteiger partial charge in [0.2, 0.25) is 0 Å². The SMILES string of the molecule is O=C(NCCN1CCN(c2nc3ccccc3s2)CC1)c1cc([N+](=O)[O-])ccc1Cl. The summed E-state index contributed by atoms with van der Waals surface area (Å²) in [6.07, 6.45) is 0. The monoisotopic (exact) mass is 445 g/mol. The van der Waals surface area contributed by atoms with Crippen molar-refractivity contribution in [2.75, 3.05) is 44.2 Å². The van der Waals surface area contributed by atoms with Gasteiger partial charge in [-0.05, 0) is 18.2 Å². The van der Waals surface area contributed by atoms with Gasteiger partial charge in [0.05, 0.1) is 25.7 Å². The number of hydrogen-bond donors (Lipinski definition) is 1. The lowest BCUT2D eigenvalue weighted by atomic mass is 10.2. The molecule has 1 aliphatic rings. The molecule has 4 rings (SSSR count). The topological polar surface area (TPSA) is 91.6 Å². The Balaban J connectivity index is 1.26. The molecule has 0 bridgehead atoms. The van der Waals surface area contributed by atoms with Crippen molar-refractivity contribution >= 4 is 49.9 Å². The number of benzene rings is 2. The first-order valence-electron chi connectivity index (χ1n) is 9.56. The number of piperazine rings is 1. The fourth-order valence-corrected chi connectivity index (χ4v) is 4.60. The lowest BCUT2D eigenvalue weighted by Crippen LogP contribution is -2.48. The Morgan fingerprint density at radius 2 is 1.97 bits per heavy atom. The number of thiazole rings is 1. The quantitative estimate of drug-likeness (QED) is 0.461. The summed E-state index contributed by atoms with van der Waals surface area (Å²) in [5.41, 5.74) is 0.990. The molecule has 2 aromatic carbocycles. The number of para-hydroxylation sites is 1. The van der Waals surface area contributed by atoms with Gasteiger partial charge in [-0.3, -0.25) is 19.8 Å². The van der Waals surface area contributed by atoms with Gasteiger partial charge in [-0.2, -0.15) is 0 Å². The molecule has 10 heteroatoms. The number of non-ortho nitro benzene ring substituents is 1. The molecule has 0 radical (unpaired) electrons. The van der Waals surface area contributed by atoms with E-state index in [-0.39, 0.29) is 16.3 Å². The Kier molecular flexibility index (Phi) is 6.12. The normalized spacial score (nSPS) is 14.8. The second-order valence-corrected chi connectivity index (χ2v) is 8.39. The maximum Gasteiger partial charge on any atom is 0.270 e. The maximum absolute atomic E-state index is 12.4. The predicted molar refractivity (Wildman–Crippen MR) is 119 cm³/mol. The Morgan fingerprint density at radius 3 is 2.70 bits per heavy atom. The van der Waals surface area contributed by atoms with Crippen LogP contribution in [0.1, 0.15) is 10.4 Å². The first-order chi connectivity index (χ1) is 14.5. The van der Waals surface area contributed by atoms with Crippen molar-refractivity contribution in [3.63, 3.8) is 0 Å². The molecule has 30 heavy (non-hydrogen) atoms. The van der Waals surface area contributed by atoms with Gasteiger partial charge in [-0.25, -0.2) is 4.98 Å². The molecule has 0 atom stereocenters. The number of hydrogen-bond acceptors (Lipinski definition) is 7. The van der Waals surface area contributed by atoms with Crippen molar-refractivity contribution in [2.45, 2.75) is 0 Å². The van der Waals surface area contributed by atoms with Crippen molar-refractivity contribution in [1.82, 2.24) is 15.2 Å². The number of nitro benzene ring substituents is 1. The Morgan fingerprint density at radius 1 is 1.20 bits per heavy atom. The fraction of sp³-hybridized carbons (Fsp3) is 0.300. The molecule has 1 N–H and O–H groups in total. The van der Waals surface area contributed by atoms with Gasteiger partial charge in [-0.15, -0.1) is 0 Å². The summed E-state index contributed by atoms with van der Waals surface area (Å²) in [7, 11) is 0. The number of rotatable bonds is 6. The van der Waals surface area contributed by atoms with Gasteiger partial charge in [0.25, 0.3) is 11.6 Å². The van der Waals surface area contributed by atoms with E-state index in [2.05, 4.69) is 21.2 Å². The molecule has 3 aromatic rings. The average Bonchev–Trinajstić information content (AvgIpc) is 3.18. The standard InChI is InChI=1S/C20H20ClN5O3S/c21-16-6-5-14(26(28)29)13-15(16)19(27)22-7-8-24-9-11-25(12-10-24)20-23-17-3-1-2-4-18(17)30-20/h1-6,13H,7-12H2,(H,22,27). The lowest BCUT2D eigenvalue weighted by Gasteiger charge is -2.34. The predicted octanol–water partition coefficient (Wildman–Crippen LogP) is 3.41. The maximum atomic E-state index is 12.4. The van der Waals surface area contributed by atoms with E-state index in [9.17, 15) is 14.9 Å². The molecule has 1 aliphatic heterocycles. The number of nitrogens with zero attached hydrogens (tertiary/aromatic N) is 4. The molecule has 1 amide bonds. The summed E-state index contributed by atoms with van der Waals surface area (Å²) in [6, 6.07) is 12.0. The number of fused-ring (bicyclic) bond motifs is 1. The number of amides is 1. The molecule has 156 valence electrons. The van der Waals surface area contributed by atoms with Crippen molar-refractivity contribution < 1.29 is 9.72 Å². The number of aromatic nitrogens is 1. The van der Waals surface area contributed by atoms with Gasteiger partial charge in [0, 0.05) is 51.4 Å². The van der Waals surface area contributed by atoms with Gasteiger partial charge < -0.3 is 10.2 Å². The zero-order chi connectivity index (χ0) is 21.1. The van der Waals surface area contributed by atoms with Crippen LogP contribution in [-0.2, 0) is 0 Å². The molecule has 0 unspecified atom stereocenters. The van der Waals surface area contributed by atoms with E-state index in [0.717, 1.165) is 36.8 Å². The molecule has 8 nitrogen and oxygen atoms in total. The molecule has 1 fully saturated rings. The van der Waals surface area contributed by atoms with E-state index in [1.165, 1.54) is 22.9 Å². The highest BCUT2D eigenvalue weighted by molar-refractivity contribution is 7.22. The summed E-state index contributed by atoms with van der Waals surface area (Å²) in [4.78, 5) is 32.0. The fourth-order valence-electron chi connectivity index (χ4n) is 3.38. The Labute approximate surface area is 182 Å². The van der Waals surface area contributed by atoms with E-state index in [0.29, 0.717) is 13.1 Å². The summed E-state index contributed by atoms with van der Waals surface area (Å²) in [5.74, 6) is -0.406. The van der Waals surface area contributed by atoms with Gasteiger partial charge in [0.15, 0.2) is 5.13 Å². The summed E-state index contributed by atoms with van der Waals surface area (Å²) < 4.78 is 1.19. The smallest absolute Gasteiger partial charge is 0.270 e. The van der Waals surface area contributed by atoms with Crippen LogP contribution in [0.4, 0.5) is 10.8 Å². The minimum Gasteiger partial charge on any atom is -0.351 e. The van der Waals surface area contributed by atoms with E-state index < -0.39 is 10.8 Å². The van der Waals surface area contributed by atoms with E-state index in [4.69, 9.17) is 16.6 Å². The van der Waals surface area contributed by atoms with Crippen LogP contribution in [0.3, 0.4) is 0 Å². The molecule has 0 saturated carbocycles. The third-order valence-corrected chi connectivity index (χ3v) is 6.47. The minimum absolute atomic E-state index is 0.117. The molecular formula is C20H20ClN5O3S. The average molecular weight is 446 g/mol. The lowest BCUT2D eigenvalue weighted by molar-refractivity contribution is -0.384. The first kappa shape index (κ1) is 20.5. The number of carbonyl (C=O) groups excluding carboxylic acids is 1. The highest BCUT2D eigenvalue weighted by atomic mass is 35.5. The number of nitrogens with one attached hydrogen (secondary N) is 1. The summed E-state index contributed by atoms with van der Waals surface area (Å²) >= 11 is 7.73. The first-order valence-corrected chi connectivity index (χ1v) is 10.8. The van der Waals surface area contributed by atoms with Crippen LogP contribution in [0, 0.1) is 10.1 Å². The van der Waals surface area contributed by atoms with Crippen LogP contribution in [0.25, 0.3) is 10.2 Å². The van der Waals surface area contributed by atoms with Gasteiger partial charge in [-0.1, -0.05) is 35.1 Å². The molecule has 2 heterocycles. The van der Waals surface area contributed by atoms with Crippen molar-refractivity contribution in [1.29, 1.82) is 0 Å². The Bertz CT molecular complexity index is 1050. The van der Waals surface area contributed by atoms with Crippen LogP contribution >= 0.6 is 22.9 Å². The van der Waals surface area contributed by atoms with Gasteiger partial charge >= 0.3 is 0 Å². The van der Waals surface area contributed by atoms with Crippen LogP contribution in [0.15, 0.2) is 42.5 Å². The van der Waals surface area contributed by atoms with E-state index in [1.807, 2.05) is 18.2 Å². The van der Waals surface area contributed by atoms with E-state index >= 15 is 0 Å². The van der Waals surface area contributed by atoms with Crippen LogP contribution < -0.4 is 10.2 Å². The number of nitro groups is 1. The summed E-state index contributed by atoms with van der Waals surface area (Å²) in [6.45, 7) is 4.66. The zero-order valence-electron chi connectivity index (χ0n) is 16.1. The number of anilines is 1. The van der Waals surface area contributed by atoms with Crippen molar-refractivity contribution in [3.05, 3.63) is 63.2 Å². The highest BCUT2D eigenvalue weighted by Crippen LogP contribution is 2.29. The van der Waals surface area contributed by atoms with Crippen LogP contribution in [0.5, 0.6) is 0 Å². The number of carbonyl (C=O) groups is 1. The van der Waals surface area contributed by atoms with Crippen molar-refractivity contribution in [3.8, 4) is 0 Å². The van der Waals surface area contributed by atoms with Crippen molar-refractivity contribution in [2.24, 2.45) is 0 Å².